The Hall–Kier alpha value is -1.08. The van der Waals surface area contributed by atoms with Gasteiger partial charge in [0.2, 0.25) is 0 Å². The van der Waals surface area contributed by atoms with Crippen LogP contribution < -0.4 is 0 Å². The molecule has 1 N–H and O–H groups in total. The second kappa shape index (κ2) is 9.28. The number of benzene rings is 2. The van der Waals surface area contributed by atoms with Crippen LogP contribution in [0.5, 0.6) is 5.75 Å². The number of aromatic hydroxyl groups is 1. The van der Waals surface area contributed by atoms with Gasteiger partial charge in [-0.15, -0.1) is 0 Å². The molecule has 0 aromatic heterocycles. The number of halogens is 6. The van der Waals surface area contributed by atoms with Crippen LogP contribution in [0.2, 0.25) is 0 Å². The van der Waals surface area contributed by atoms with E-state index in [4.69, 9.17) is 18.6 Å². The van der Waals surface area contributed by atoms with Crippen molar-refractivity contribution >= 4 is 30.5 Å². The van der Waals surface area contributed by atoms with E-state index in [1.54, 1.807) is 19.1 Å². The second-order valence-corrected chi connectivity index (χ2v) is 6.74. The zero-order valence-corrected chi connectivity index (χ0v) is 14.6. The van der Waals surface area contributed by atoms with Crippen LogP contribution in [0.15, 0.2) is 29.3 Å². The van der Waals surface area contributed by atoms with Crippen LogP contribution in [-0.4, -0.2) is 11.3 Å². The van der Waals surface area contributed by atoms with Crippen molar-refractivity contribution in [3.63, 3.8) is 0 Å². The van der Waals surface area contributed by atoms with E-state index in [-0.39, 0.29) is 11.3 Å². The number of hydrogen-bond acceptors (Lipinski definition) is 2. The van der Waals surface area contributed by atoms with Crippen LogP contribution in [0.4, 0.5) is 23.2 Å². The molecular formula is C14H9Cl2F4NOTi. The van der Waals surface area contributed by atoms with Gasteiger partial charge in [0.15, 0.2) is 23.3 Å². The molecule has 0 aliphatic carbocycles. The number of para-hydroxylation sites is 1. The monoisotopic (exact) mass is 401 g/mol. The van der Waals surface area contributed by atoms with E-state index in [1.807, 2.05) is 0 Å². The first-order valence-corrected chi connectivity index (χ1v) is 10.2. The molecule has 0 aliphatic heterocycles. The fourth-order valence-corrected chi connectivity index (χ4v) is 1.58. The van der Waals surface area contributed by atoms with Gasteiger partial charge < -0.3 is 5.11 Å². The zero-order valence-electron chi connectivity index (χ0n) is 11.5. The van der Waals surface area contributed by atoms with Gasteiger partial charge in [-0.1, -0.05) is 12.1 Å². The van der Waals surface area contributed by atoms with Crippen LogP contribution in [0.1, 0.15) is 11.1 Å². The summed E-state index contributed by atoms with van der Waals surface area (Å²) in [5.74, 6) is -7.03. The third kappa shape index (κ3) is 5.21. The van der Waals surface area contributed by atoms with Crippen molar-refractivity contribution in [1.29, 1.82) is 0 Å². The van der Waals surface area contributed by atoms with Crippen molar-refractivity contribution < 1.29 is 39.7 Å². The molecule has 0 heterocycles. The zero-order chi connectivity index (χ0) is 17.6. The number of aryl methyl sites for hydroxylation is 1. The molecule has 2 nitrogen and oxygen atoms in total. The molecule has 23 heavy (non-hydrogen) atoms. The van der Waals surface area contributed by atoms with Gasteiger partial charge in [0, 0.05) is 17.8 Å². The average Bonchev–Trinajstić information content (AvgIpc) is 2.52. The molecule has 0 unspecified atom stereocenters. The third-order valence-corrected chi connectivity index (χ3v) is 2.70. The summed E-state index contributed by atoms with van der Waals surface area (Å²) in [6.07, 6.45) is 1.04. The van der Waals surface area contributed by atoms with E-state index < -0.39 is 46.0 Å². The predicted molar refractivity (Wildman–Crippen MR) is 78.1 cm³/mol. The van der Waals surface area contributed by atoms with Crippen molar-refractivity contribution in [2.45, 2.75) is 6.92 Å². The van der Waals surface area contributed by atoms with Gasteiger partial charge in [0.25, 0.3) is 0 Å². The van der Waals surface area contributed by atoms with Gasteiger partial charge in [-0.3, -0.25) is 4.99 Å². The standard InChI is InChI=1S/C14H9F4NO.2ClH.Ti/c1-7-3-2-4-8(14(7)20)6-19-10-5-9(15)11(16)13(18)12(10)17;;;/h2-6,20H,1H3;2*1H;/q;;;+2/p-2. The Kier molecular flexibility index (Phi) is 8.05. The van der Waals surface area contributed by atoms with E-state index in [0.29, 0.717) is 11.6 Å². The molecule has 0 amide bonds. The minimum absolute atomic E-state index is 0.0836. The van der Waals surface area contributed by atoms with E-state index in [9.17, 15) is 22.7 Å². The Balaban J connectivity index is 0.000000816. The predicted octanol–water partition coefficient (Wildman–Crippen LogP) is 5.38. The maximum absolute atomic E-state index is 13.4. The summed E-state index contributed by atoms with van der Waals surface area (Å²) >= 11 is -0.556. The van der Waals surface area contributed by atoms with Crippen LogP contribution >= 0.6 is 18.6 Å². The third-order valence-electron chi connectivity index (χ3n) is 2.70. The van der Waals surface area contributed by atoms with Gasteiger partial charge >= 0.3 is 35.6 Å². The number of nitrogens with zero attached hydrogens (tertiary/aromatic N) is 1. The van der Waals surface area contributed by atoms with E-state index in [0.717, 1.165) is 6.21 Å². The first-order valence-electron chi connectivity index (χ1n) is 5.95. The molecule has 0 fully saturated rings. The van der Waals surface area contributed by atoms with Gasteiger partial charge in [0.05, 0.1) is 0 Å². The van der Waals surface area contributed by atoms with Crippen LogP contribution in [0.25, 0.3) is 0 Å². The fourth-order valence-electron chi connectivity index (χ4n) is 1.58. The normalized spacial score (nSPS) is 10.4. The molecule has 0 aliphatic rings. The average molecular weight is 402 g/mol. The molecule has 0 atom stereocenters. The molecule has 0 saturated carbocycles. The molecule has 0 radical (unpaired) electrons. The molecule has 0 saturated heterocycles. The van der Waals surface area contributed by atoms with E-state index in [2.05, 4.69) is 4.99 Å². The van der Waals surface area contributed by atoms with Crippen LogP contribution in [0.3, 0.4) is 0 Å². The summed E-state index contributed by atoms with van der Waals surface area (Å²) in [5, 5.41) is 9.71. The van der Waals surface area contributed by atoms with Gasteiger partial charge in [-0.05, 0) is 18.6 Å². The molecule has 2 aromatic rings. The van der Waals surface area contributed by atoms with Crippen molar-refractivity contribution in [3.8, 4) is 5.75 Å². The molecule has 0 bridgehead atoms. The Morgan fingerprint density at radius 2 is 1.70 bits per heavy atom. The molecule has 9 heteroatoms. The van der Waals surface area contributed by atoms with E-state index in [1.165, 1.54) is 6.07 Å². The van der Waals surface area contributed by atoms with Gasteiger partial charge in [0.1, 0.15) is 11.4 Å². The Bertz CT molecular complexity index is 728. The molecule has 2 aromatic carbocycles. The van der Waals surface area contributed by atoms with Crippen molar-refractivity contribution in [3.05, 3.63) is 58.7 Å². The van der Waals surface area contributed by atoms with Crippen molar-refractivity contribution in [2.24, 2.45) is 4.99 Å². The Morgan fingerprint density at radius 1 is 1.09 bits per heavy atom. The van der Waals surface area contributed by atoms with E-state index >= 15 is 0 Å². The fraction of sp³-hybridized carbons (Fsp3) is 0.0714. The SMILES string of the molecule is Cc1cccc(C=Nc2cc(F)c(F)c(F)c2F)c1O.[Cl][Ti][Cl]. The van der Waals surface area contributed by atoms with Crippen molar-refractivity contribution in [1.82, 2.24) is 0 Å². The van der Waals surface area contributed by atoms with Gasteiger partial charge in [-0.25, -0.2) is 17.6 Å². The van der Waals surface area contributed by atoms with Crippen molar-refractivity contribution in [2.75, 3.05) is 0 Å². The first-order chi connectivity index (χ1) is 10.8. The summed E-state index contributed by atoms with van der Waals surface area (Å²) in [6.45, 7) is 1.64. The number of hydrogen-bond donors (Lipinski definition) is 1. The topological polar surface area (TPSA) is 32.6 Å². The maximum atomic E-state index is 13.4. The van der Waals surface area contributed by atoms with Crippen LogP contribution in [-0.2, 0) is 17.0 Å². The summed E-state index contributed by atoms with van der Waals surface area (Å²) in [7, 11) is 9.78. The Labute approximate surface area is 146 Å². The first kappa shape index (κ1) is 20.0. The van der Waals surface area contributed by atoms with Crippen LogP contribution in [0, 0.1) is 30.2 Å². The number of rotatable bonds is 2. The molecule has 0 spiro atoms. The summed E-state index contributed by atoms with van der Waals surface area (Å²) in [5.41, 5.74) is 0.114. The second-order valence-electron chi connectivity index (χ2n) is 4.16. The van der Waals surface area contributed by atoms with Gasteiger partial charge in [-0.2, -0.15) is 0 Å². The minimum atomic E-state index is -1.93. The quantitative estimate of drug-likeness (QED) is 0.236. The summed E-state index contributed by atoms with van der Waals surface area (Å²) < 4.78 is 52.1. The molecule has 122 valence electrons. The summed E-state index contributed by atoms with van der Waals surface area (Å²) in [4.78, 5) is 3.53. The number of aliphatic imine (C=N–C) groups is 1. The molecular weight excluding hydrogens is 393 g/mol. The number of phenols is 1. The summed E-state index contributed by atoms with van der Waals surface area (Å²) in [6, 6.07) is 5.19. The number of phenolic OH excluding ortho intramolecular Hbond substituents is 1. The molecule has 2 rings (SSSR count). The Morgan fingerprint density at radius 3 is 2.30 bits per heavy atom.